The first kappa shape index (κ1) is 20.2. The summed E-state index contributed by atoms with van der Waals surface area (Å²) in [4.78, 5) is 7.00. The van der Waals surface area contributed by atoms with Crippen molar-refractivity contribution in [2.45, 2.75) is 44.6 Å². The second-order valence-electron chi connectivity index (χ2n) is 9.87. The molecule has 3 aromatic rings. The van der Waals surface area contributed by atoms with Crippen molar-refractivity contribution in [3.63, 3.8) is 0 Å². The molecule has 3 atom stereocenters. The third-order valence-corrected chi connectivity index (χ3v) is 8.05. The van der Waals surface area contributed by atoms with Crippen LogP contribution in [0.25, 0.3) is 16.6 Å². The van der Waals surface area contributed by atoms with Crippen LogP contribution in [0, 0.1) is 18.8 Å². The average Bonchev–Trinajstić information content (AvgIpc) is 3.52. The van der Waals surface area contributed by atoms with Gasteiger partial charge in [0.05, 0.1) is 24.5 Å². The van der Waals surface area contributed by atoms with Gasteiger partial charge in [-0.1, -0.05) is 0 Å². The number of aromatic nitrogens is 3. The molecule has 2 saturated heterocycles. The van der Waals surface area contributed by atoms with Crippen LogP contribution in [0.1, 0.15) is 42.7 Å². The molecule has 1 saturated carbocycles. The highest BCUT2D eigenvalue weighted by Crippen LogP contribution is 2.48. The number of rotatable bonds is 4. The van der Waals surface area contributed by atoms with Crippen molar-refractivity contribution in [1.29, 1.82) is 0 Å². The Bertz CT molecular complexity index is 1110. The van der Waals surface area contributed by atoms with Crippen LogP contribution in [0.2, 0.25) is 0 Å². The quantitative estimate of drug-likeness (QED) is 0.614. The van der Waals surface area contributed by atoms with Crippen LogP contribution < -0.4 is 4.74 Å². The van der Waals surface area contributed by atoms with Crippen molar-refractivity contribution < 1.29 is 9.47 Å². The van der Waals surface area contributed by atoms with Gasteiger partial charge in [-0.2, -0.15) is 5.10 Å². The Morgan fingerprint density at radius 3 is 2.59 bits per heavy atom. The molecule has 32 heavy (non-hydrogen) atoms. The van der Waals surface area contributed by atoms with E-state index in [2.05, 4.69) is 34.0 Å². The zero-order valence-corrected chi connectivity index (χ0v) is 19.0. The van der Waals surface area contributed by atoms with E-state index in [1.54, 1.807) is 13.3 Å². The van der Waals surface area contributed by atoms with Gasteiger partial charge in [0, 0.05) is 50.0 Å². The number of hydrogen-bond donors (Lipinski definition) is 0. The summed E-state index contributed by atoms with van der Waals surface area (Å²) in [5.74, 6) is 2.98. The fourth-order valence-electron chi connectivity index (χ4n) is 6.42. The van der Waals surface area contributed by atoms with Crippen molar-refractivity contribution in [3.8, 4) is 11.6 Å². The van der Waals surface area contributed by atoms with Crippen LogP contribution >= 0.6 is 0 Å². The standard InChI is InChI=1S/C26H32N4O2/c1-17-9-25-19(14-28-30(25)23-3-6-27-26(13-23)31-2)12-24(17)18-10-20-15-29(16-21(20)11-18)22-4-7-32-8-5-22/h3,6,9,12-14,18,20-22H,4-5,7-8,10-11,15-16H2,1-2H3/t18?,20-,21+. The molecule has 3 fully saturated rings. The maximum atomic E-state index is 5.58. The number of likely N-dealkylation sites (tertiary alicyclic amines) is 1. The van der Waals surface area contributed by atoms with E-state index in [1.165, 1.54) is 55.3 Å². The molecule has 6 nitrogen and oxygen atoms in total. The van der Waals surface area contributed by atoms with E-state index in [-0.39, 0.29) is 0 Å². The third kappa shape index (κ3) is 3.50. The van der Waals surface area contributed by atoms with E-state index in [9.17, 15) is 0 Å². The van der Waals surface area contributed by atoms with Crippen molar-refractivity contribution in [2.24, 2.45) is 11.8 Å². The molecule has 2 aliphatic heterocycles. The Balaban J connectivity index is 1.22. The molecule has 3 aliphatic rings. The summed E-state index contributed by atoms with van der Waals surface area (Å²) >= 11 is 0. The van der Waals surface area contributed by atoms with Gasteiger partial charge >= 0.3 is 0 Å². The fraction of sp³-hybridized carbons (Fsp3) is 0.538. The van der Waals surface area contributed by atoms with Gasteiger partial charge in [-0.3, -0.25) is 4.90 Å². The lowest BCUT2D eigenvalue weighted by atomic mass is 9.91. The lowest BCUT2D eigenvalue weighted by Crippen LogP contribution is -2.38. The molecule has 6 rings (SSSR count). The van der Waals surface area contributed by atoms with Gasteiger partial charge in [0.1, 0.15) is 0 Å². The second-order valence-corrected chi connectivity index (χ2v) is 9.87. The number of pyridine rings is 1. The number of benzene rings is 1. The first-order valence-corrected chi connectivity index (χ1v) is 12.0. The fourth-order valence-corrected chi connectivity index (χ4v) is 6.42. The molecule has 0 amide bonds. The van der Waals surface area contributed by atoms with E-state index in [0.29, 0.717) is 11.8 Å². The van der Waals surface area contributed by atoms with Crippen LogP contribution in [-0.4, -0.2) is 59.1 Å². The van der Waals surface area contributed by atoms with Crippen LogP contribution in [0.5, 0.6) is 5.88 Å². The highest BCUT2D eigenvalue weighted by molar-refractivity contribution is 5.82. The van der Waals surface area contributed by atoms with Crippen LogP contribution in [0.4, 0.5) is 0 Å². The molecular formula is C26H32N4O2. The van der Waals surface area contributed by atoms with Crippen molar-refractivity contribution in [2.75, 3.05) is 33.4 Å². The van der Waals surface area contributed by atoms with E-state index in [4.69, 9.17) is 9.47 Å². The molecule has 0 N–H and O–H groups in total. The minimum atomic E-state index is 0.604. The molecule has 168 valence electrons. The predicted molar refractivity (Wildman–Crippen MR) is 125 cm³/mol. The Morgan fingerprint density at radius 2 is 1.84 bits per heavy atom. The first-order chi connectivity index (χ1) is 15.7. The molecule has 6 heteroatoms. The van der Waals surface area contributed by atoms with Gasteiger partial charge in [-0.15, -0.1) is 0 Å². The average molecular weight is 433 g/mol. The number of methoxy groups -OCH3 is 1. The molecule has 0 radical (unpaired) electrons. The van der Waals surface area contributed by atoms with Gasteiger partial charge in [0.25, 0.3) is 0 Å². The van der Waals surface area contributed by atoms with E-state index in [1.807, 2.05) is 23.0 Å². The Morgan fingerprint density at radius 1 is 1.06 bits per heavy atom. The minimum absolute atomic E-state index is 0.604. The lowest BCUT2D eigenvalue weighted by molar-refractivity contribution is 0.0395. The molecule has 0 spiro atoms. The summed E-state index contributed by atoms with van der Waals surface area (Å²) in [5.41, 5.74) is 5.02. The molecule has 1 unspecified atom stereocenters. The molecule has 0 bridgehead atoms. The van der Waals surface area contributed by atoms with Crippen LogP contribution in [0.15, 0.2) is 36.7 Å². The first-order valence-electron chi connectivity index (χ1n) is 12.0. The SMILES string of the molecule is COc1cc(-n2ncc3cc(C4C[C@@H]5CN(C6CCOCC6)C[C@@H]5C4)c(C)cc32)ccn1. The Kier molecular flexibility index (Phi) is 5.15. The van der Waals surface area contributed by atoms with E-state index < -0.39 is 0 Å². The van der Waals surface area contributed by atoms with E-state index in [0.717, 1.165) is 42.3 Å². The van der Waals surface area contributed by atoms with E-state index >= 15 is 0 Å². The number of nitrogens with zero attached hydrogens (tertiary/aromatic N) is 4. The zero-order valence-electron chi connectivity index (χ0n) is 19.0. The number of aryl methyl sites for hydroxylation is 1. The number of fused-ring (bicyclic) bond motifs is 2. The van der Waals surface area contributed by atoms with Gasteiger partial charge in [-0.05, 0) is 79.7 Å². The summed E-state index contributed by atoms with van der Waals surface area (Å²) in [5, 5.41) is 5.90. The molecule has 1 aromatic carbocycles. The van der Waals surface area contributed by atoms with Crippen molar-refractivity contribution in [1.82, 2.24) is 19.7 Å². The summed E-state index contributed by atoms with van der Waals surface area (Å²) < 4.78 is 12.9. The minimum Gasteiger partial charge on any atom is -0.481 e. The predicted octanol–water partition coefficient (Wildman–Crippen LogP) is 4.34. The molecule has 1 aliphatic carbocycles. The number of hydrogen-bond acceptors (Lipinski definition) is 5. The highest BCUT2D eigenvalue weighted by Gasteiger charge is 2.43. The highest BCUT2D eigenvalue weighted by atomic mass is 16.5. The topological polar surface area (TPSA) is 52.4 Å². The van der Waals surface area contributed by atoms with Gasteiger partial charge in [0.15, 0.2) is 0 Å². The summed E-state index contributed by atoms with van der Waals surface area (Å²) in [6.07, 6.45) is 8.84. The van der Waals surface area contributed by atoms with Gasteiger partial charge in [-0.25, -0.2) is 9.67 Å². The number of ether oxygens (including phenoxy) is 2. The van der Waals surface area contributed by atoms with Crippen molar-refractivity contribution >= 4 is 10.9 Å². The monoisotopic (exact) mass is 432 g/mol. The largest absolute Gasteiger partial charge is 0.481 e. The second kappa shape index (κ2) is 8.16. The molecule has 4 heterocycles. The lowest BCUT2D eigenvalue weighted by Gasteiger charge is -2.32. The Labute approximate surface area is 189 Å². The third-order valence-electron chi connectivity index (χ3n) is 8.05. The summed E-state index contributed by atoms with van der Waals surface area (Å²) in [6, 6.07) is 9.36. The smallest absolute Gasteiger partial charge is 0.215 e. The van der Waals surface area contributed by atoms with Crippen molar-refractivity contribution in [3.05, 3.63) is 47.8 Å². The van der Waals surface area contributed by atoms with Crippen LogP contribution in [-0.2, 0) is 4.74 Å². The normalized spacial score (nSPS) is 26.6. The van der Waals surface area contributed by atoms with Gasteiger partial charge in [0.2, 0.25) is 5.88 Å². The van der Waals surface area contributed by atoms with Crippen LogP contribution in [0.3, 0.4) is 0 Å². The van der Waals surface area contributed by atoms with Gasteiger partial charge < -0.3 is 9.47 Å². The molecular weight excluding hydrogens is 400 g/mol. The Hall–Kier alpha value is -2.44. The summed E-state index contributed by atoms with van der Waals surface area (Å²) in [6.45, 7) is 6.72. The zero-order chi connectivity index (χ0) is 21.7. The molecule has 2 aromatic heterocycles. The maximum absolute atomic E-state index is 5.58. The maximum Gasteiger partial charge on any atom is 0.215 e. The summed E-state index contributed by atoms with van der Waals surface area (Å²) in [7, 11) is 1.64.